The maximum Gasteiger partial charge on any atom is 0.308 e. The zero-order valence-electron chi connectivity index (χ0n) is 16.5. The minimum Gasteiger partial charge on any atom is -0.456 e. The highest BCUT2D eigenvalue weighted by molar-refractivity contribution is 5.81. The molecule has 3 rings (SSSR count). The number of nitrogens with one attached hydrogen (secondary N) is 2. The highest BCUT2D eigenvalue weighted by Gasteiger charge is 2.23. The van der Waals surface area contributed by atoms with Crippen molar-refractivity contribution in [3.8, 4) is 0 Å². The molecule has 0 aromatic heterocycles. The number of esters is 1. The molecule has 2 amide bonds. The first kappa shape index (κ1) is 20.6. The molecular weight excluding hydrogens is 368 g/mol. The fraction of sp³-hybridized carbons (Fsp3) is 0.348. The van der Waals surface area contributed by atoms with E-state index in [1.54, 1.807) is 0 Å². The van der Waals surface area contributed by atoms with E-state index in [9.17, 15) is 14.4 Å². The molecule has 0 saturated carbocycles. The van der Waals surface area contributed by atoms with Crippen LogP contribution in [-0.2, 0) is 25.5 Å². The number of carbonyl (C=O) groups excluding carboxylic acids is 3. The van der Waals surface area contributed by atoms with Gasteiger partial charge in [0.1, 0.15) is 0 Å². The quantitative estimate of drug-likeness (QED) is 0.707. The molecule has 6 heteroatoms. The molecule has 2 N–H and O–H groups in total. The van der Waals surface area contributed by atoms with Gasteiger partial charge in [-0.3, -0.25) is 14.4 Å². The highest BCUT2D eigenvalue weighted by atomic mass is 16.5. The van der Waals surface area contributed by atoms with Gasteiger partial charge in [0.05, 0.1) is 18.5 Å². The smallest absolute Gasteiger partial charge is 0.308 e. The van der Waals surface area contributed by atoms with E-state index < -0.39 is 12.0 Å². The zero-order valence-corrected chi connectivity index (χ0v) is 16.5. The summed E-state index contributed by atoms with van der Waals surface area (Å²) in [4.78, 5) is 36.0. The van der Waals surface area contributed by atoms with Crippen molar-refractivity contribution < 1.29 is 19.1 Å². The van der Waals surface area contributed by atoms with Crippen LogP contribution in [-0.4, -0.2) is 24.4 Å². The molecule has 0 bridgehead atoms. The molecule has 0 aliphatic heterocycles. The Morgan fingerprint density at radius 2 is 1.79 bits per heavy atom. The summed E-state index contributed by atoms with van der Waals surface area (Å²) in [6.07, 6.45) is 2.86. The Morgan fingerprint density at radius 1 is 1.07 bits per heavy atom. The summed E-state index contributed by atoms with van der Waals surface area (Å²) in [5.41, 5.74) is 3.19. The third-order valence-corrected chi connectivity index (χ3v) is 5.02. The molecule has 6 nitrogen and oxygen atoms in total. The van der Waals surface area contributed by atoms with E-state index in [2.05, 4.69) is 16.7 Å². The normalized spacial score (nSPS) is 16.2. The van der Waals surface area contributed by atoms with Gasteiger partial charge in [0, 0.05) is 6.92 Å². The molecule has 152 valence electrons. The zero-order chi connectivity index (χ0) is 20.6. The van der Waals surface area contributed by atoms with Crippen molar-refractivity contribution in [1.82, 2.24) is 10.6 Å². The fourth-order valence-electron chi connectivity index (χ4n) is 3.69. The third kappa shape index (κ3) is 5.91. The number of amides is 2. The SMILES string of the molecule is CC(=O)N[C@@H](CC(=O)OCC(=O)N[C@@H]1CCCc2ccccc21)c1ccccc1. The van der Waals surface area contributed by atoms with E-state index in [1.165, 1.54) is 12.5 Å². The van der Waals surface area contributed by atoms with E-state index in [1.807, 2.05) is 48.5 Å². The number of hydrogen-bond acceptors (Lipinski definition) is 4. The Kier molecular flexibility index (Phi) is 7.00. The number of ether oxygens (including phenoxy) is 1. The van der Waals surface area contributed by atoms with Crippen LogP contribution in [0, 0.1) is 0 Å². The van der Waals surface area contributed by atoms with Crippen LogP contribution in [0.25, 0.3) is 0 Å². The number of fused-ring (bicyclic) bond motifs is 1. The lowest BCUT2D eigenvalue weighted by Gasteiger charge is -2.26. The van der Waals surface area contributed by atoms with Crippen molar-refractivity contribution in [2.24, 2.45) is 0 Å². The maximum absolute atomic E-state index is 12.3. The van der Waals surface area contributed by atoms with Gasteiger partial charge in [-0.2, -0.15) is 0 Å². The first-order valence-electron chi connectivity index (χ1n) is 9.88. The second-order valence-electron chi connectivity index (χ2n) is 7.24. The van der Waals surface area contributed by atoms with Gasteiger partial charge in [0.15, 0.2) is 6.61 Å². The summed E-state index contributed by atoms with van der Waals surface area (Å²) >= 11 is 0. The van der Waals surface area contributed by atoms with Gasteiger partial charge in [-0.25, -0.2) is 0 Å². The summed E-state index contributed by atoms with van der Waals surface area (Å²) in [5, 5.41) is 5.71. The van der Waals surface area contributed by atoms with Crippen molar-refractivity contribution in [2.45, 2.75) is 44.7 Å². The molecule has 1 aliphatic carbocycles. The molecule has 0 radical (unpaired) electrons. The summed E-state index contributed by atoms with van der Waals surface area (Å²) in [6, 6.07) is 16.7. The number of hydrogen-bond donors (Lipinski definition) is 2. The molecule has 2 aromatic rings. The van der Waals surface area contributed by atoms with Crippen LogP contribution in [0.3, 0.4) is 0 Å². The molecule has 29 heavy (non-hydrogen) atoms. The number of rotatable bonds is 7. The second-order valence-corrected chi connectivity index (χ2v) is 7.24. The van der Waals surface area contributed by atoms with Gasteiger partial charge in [-0.05, 0) is 36.0 Å². The lowest BCUT2D eigenvalue weighted by Crippen LogP contribution is -2.35. The molecule has 0 heterocycles. The van der Waals surface area contributed by atoms with Crippen LogP contribution in [0.4, 0.5) is 0 Å². The van der Waals surface area contributed by atoms with Crippen LogP contribution < -0.4 is 10.6 Å². The average molecular weight is 394 g/mol. The van der Waals surface area contributed by atoms with Crippen LogP contribution in [0.15, 0.2) is 54.6 Å². The predicted molar refractivity (Wildman–Crippen MR) is 109 cm³/mol. The lowest BCUT2D eigenvalue weighted by molar-refractivity contribution is -0.149. The molecule has 0 fully saturated rings. The lowest BCUT2D eigenvalue weighted by atomic mass is 9.88. The topological polar surface area (TPSA) is 84.5 Å². The van der Waals surface area contributed by atoms with E-state index in [0.29, 0.717) is 0 Å². The van der Waals surface area contributed by atoms with Crippen molar-refractivity contribution >= 4 is 17.8 Å². The monoisotopic (exact) mass is 394 g/mol. The van der Waals surface area contributed by atoms with Crippen LogP contribution in [0.1, 0.15) is 55.0 Å². The number of carbonyl (C=O) groups is 3. The van der Waals surface area contributed by atoms with E-state index >= 15 is 0 Å². The standard InChI is InChI=1S/C23H26N2O4/c1-16(26)24-21(18-9-3-2-4-10-18)14-23(28)29-15-22(27)25-20-13-7-11-17-8-5-6-12-19(17)20/h2-6,8-10,12,20-21H,7,11,13-15H2,1H3,(H,24,26)(H,25,27)/t20-,21+/m1/s1. The van der Waals surface area contributed by atoms with Gasteiger partial charge >= 0.3 is 5.97 Å². The van der Waals surface area contributed by atoms with Crippen molar-refractivity contribution in [3.05, 3.63) is 71.3 Å². The Labute approximate surface area is 170 Å². The van der Waals surface area contributed by atoms with Gasteiger partial charge in [-0.1, -0.05) is 54.6 Å². The third-order valence-electron chi connectivity index (χ3n) is 5.02. The molecule has 0 saturated heterocycles. The largest absolute Gasteiger partial charge is 0.456 e. The Bertz CT molecular complexity index is 866. The summed E-state index contributed by atoms with van der Waals surface area (Å²) in [6.45, 7) is 1.07. The molecule has 2 atom stereocenters. The number of aryl methyl sites for hydroxylation is 1. The van der Waals surface area contributed by atoms with E-state index in [-0.39, 0.29) is 30.9 Å². The van der Waals surface area contributed by atoms with E-state index in [0.717, 1.165) is 30.4 Å². The van der Waals surface area contributed by atoms with E-state index in [4.69, 9.17) is 4.74 Å². The van der Waals surface area contributed by atoms with Crippen molar-refractivity contribution in [3.63, 3.8) is 0 Å². The highest BCUT2D eigenvalue weighted by Crippen LogP contribution is 2.29. The van der Waals surface area contributed by atoms with Crippen molar-refractivity contribution in [2.75, 3.05) is 6.61 Å². The van der Waals surface area contributed by atoms with Gasteiger partial charge in [-0.15, -0.1) is 0 Å². The average Bonchev–Trinajstić information content (AvgIpc) is 2.72. The Morgan fingerprint density at radius 3 is 2.55 bits per heavy atom. The van der Waals surface area contributed by atoms with Gasteiger partial charge in [0.2, 0.25) is 5.91 Å². The molecule has 2 aromatic carbocycles. The van der Waals surface area contributed by atoms with Gasteiger partial charge < -0.3 is 15.4 Å². The van der Waals surface area contributed by atoms with Crippen LogP contribution in [0.2, 0.25) is 0 Å². The number of benzene rings is 2. The minimum absolute atomic E-state index is 0.0386. The van der Waals surface area contributed by atoms with Crippen molar-refractivity contribution in [1.29, 1.82) is 0 Å². The first-order chi connectivity index (χ1) is 14.0. The maximum atomic E-state index is 12.3. The summed E-state index contributed by atoms with van der Waals surface area (Å²) in [5.74, 6) is -1.09. The molecule has 0 spiro atoms. The second kappa shape index (κ2) is 9.87. The summed E-state index contributed by atoms with van der Waals surface area (Å²) < 4.78 is 5.16. The Hall–Kier alpha value is -3.15. The molecule has 1 aliphatic rings. The van der Waals surface area contributed by atoms with Crippen LogP contribution in [0.5, 0.6) is 0 Å². The fourth-order valence-corrected chi connectivity index (χ4v) is 3.69. The summed E-state index contributed by atoms with van der Waals surface area (Å²) in [7, 11) is 0. The van der Waals surface area contributed by atoms with Crippen LogP contribution >= 0.6 is 0 Å². The predicted octanol–water partition coefficient (Wildman–Crippen LogP) is 2.99. The Balaban J connectivity index is 1.52. The minimum atomic E-state index is -0.535. The van der Waals surface area contributed by atoms with Gasteiger partial charge in [0.25, 0.3) is 5.91 Å². The first-order valence-corrected chi connectivity index (χ1v) is 9.88. The molecular formula is C23H26N2O4. The molecule has 0 unspecified atom stereocenters.